The molecule has 0 bridgehead atoms. The highest BCUT2D eigenvalue weighted by molar-refractivity contribution is 7.93. The molecule has 3 rings (SSSR count). The van der Waals surface area contributed by atoms with Crippen molar-refractivity contribution >= 4 is 21.7 Å². The molecule has 3 N–H and O–H groups in total. The second-order valence-corrected chi connectivity index (χ2v) is 9.88. The van der Waals surface area contributed by atoms with E-state index in [1.54, 1.807) is 24.3 Å². The predicted molar refractivity (Wildman–Crippen MR) is 117 cm³/mol. The molecule has 0 spiro atoms. The van der Waals surface area contributed by atoms with E-state index in [9.17, 15) is 18.0 Å². The Morgan fingerprint density at radius 2 is 1.81 bits per heavy atom. The summed E-state index contributed by atoms with van der Waals surface area (Å²) in [4.78, 5) is 28.7. The summed E-state index contributed by atoms with van der Waals surface area (Å²) >= 11 is 0. The fourth-order valence-corrected chi connectivity index (χ4v) is 5.57. The van der Waals surface area contributed by atoms with Gasteiger partial charge in [-0.05, 0) is 43.5 Å². The Bertz CT molecular complexity index is 1050. The van der Waals surface area contributed by atoms with Crippen molar-refractivity contribution in [2.45, 2.75) is 42.2 Å². The molecule has 0 atom stereocenters. The van der Waals surface area contributed by atoms with Gasteiger partial charge in [0.15, 0.2) is 14.6 Å². The van der Waals surface area contributed by atoms with E-state index in [-0.39, 0.29) is 36.9 Å². The molecule has 0 aliphatic carbocycles. The first-order valence-electron chi connectivity index (χ1n) is 10.5. The maximum absolute atomic E-state index is 13.3. The number of amides is 2. The first-order valence-corrected chi connectivity index (χ1v) is 12.0. The Hall–Kier alpha value is -2.82. The maximum Gasteiger partial charge on any atom is 0.265 e. The van der Waals surface area contributed by atoms with Gasteiger partial charge in [-0.25, -0.2) is 13.9 Å². The highest BCUT2D eigenvalue weighted by atomic mass is 32.2. The third kappa shape index (κ3) is 4.67. The molecule has 1 aliphatic rings. The minimum Gasteiger partial charge on any atom is -0.381 e. The van der Waals surface area contributed by atoms with Crippen molar-refractivity contribution in [3.05, 3.63) is 48.2 Å². The lowest BCUT2D eigenvalue weighted by atomic mass is 9.98. The van der Waals surface area contributed by atoms with Crippen LogP contribution in [0.1, 0.15) is 43.0 Å². The number of nitrogens with one attached hydrogen (secondary N) is 2. The lowest BCUT2D eigenvalue weighted by Crippen LogP contribution is -2.54. The Morgan fingerprint density at radius 1 is 1.12 bits per heavy atom. The summed E-state index contributed by atoms with van der Waals surface area (Å²) in [5.74, 6) is -1.15. The zero-order chi connectivity index (χ0) is 23.2. The van der Waals surface area contributed by atoms with Crippen LogP contribution in [0.15, 0.2) is 47.5 Å². The average Bonchev–Trinajstić information content (AvgIpc) is 2.84. The summed E-state index contributed by atoms with van der Waals surface area (Å²) in [6.45, 7) is 2.86. The fraction of sp³-hybridized carbons (Fsp3) is 0.409. The molecule has 10 heteroatoms. The zero-order valence-corrected chi connectivity index (χ0v) is 18.7. The van der Waals surface area contributed by atoms with Crippen LogP contribution in [0.2, 0.25) is 0 Å². The molecular weight excluding hydrogens is 434 g/mol. The van der Waals surface area contributed by atoms with Gasteiger partial charge in [0.1, 0.15) is 0 Å². The molecule has 172 valence electrons. The summed E-state index contributed by atoms with van der Waals surface area (Å²) < 4.78 is 30.0. The molecule has 1 aliphatic heterocycles. The second-order valence-electron chi connectivity index (χ2n) is 7.62. The van der Waals surface area contributed by atoms with Gasteiger partial charge in [0.2, 0.25) is 0 Å². The SMILES string of the molecule is CCCCNC(=O)c1ccc(-c2ccc(S(=O)(=O)C3(C(=O)NO)CCOCC3)cc2)nc1. The zero-order valence-electron chi connectivity index (χ0n) is 17.8. The van der Waals surface area contributed by atoms with Gasteiger partial charge < -0.3 is 10.1 Å². The number of nitrogens with zero attached hydrogens (tertiary/aromatic N) is 1. The van der Waals surface area contributed by atoms with E-state index in [2.05, 4.69) is 10.3 Å². The summed E-state index contributed by atoms with van der Waals surface area (Å²) in [6, 6.07) is 9.38. The van der Waals surface area contributed by atoms with Crippen LogP contribution in [0.4, 0.5) is 0 Å². The summed E-state index contributed by atoms with van der Waals surface area (Å²) in [5.41, 5.74) is 3.19. The van der Waals surface area contributed by atoms with E-state index < -0.39 is 20.5 Å². The largest absolute Gasteiger partial charge is 0.381 e. The van der Waals surface area contributed by atoms with Gasteiger partial charge in [-0.1, -0.05) is 25.5 Å². The van der Waals surface area contributed by atoms with Crippen LogP contribution >= 0.6 is 0 Å². The molecule has 2 aromatic rings. The van der Waals surface area contributed by atoms with Gasteiger partial charge in [0, 0.05) is 31.5 Å². The normalized spacial score (nSPS) is 15.7. The molecular formula is C22H27N3O6S. The number of hydrogen-bond donors (Lipinski definition) is 3. The number of ether oxygens (including phenoxy) is 1. The lowest BCUT2D eigenvalue weighted by molar-refractivity contribution is -0.134. The lowest BCUT2D eigenvalue weighted by Gasteiger charge is -2.34. The van der Waals surface area contributed by atoms with Crippen molar-refractivity contribution in [1.82, 2.24) is 15.8 Å². The highest BCUT2D eigenvalue weighted by Crippen LogP contribution is 2.35. The molecule has 2 amide bonds. The Balaban J connectivity index is 1.81. The van der Waals surface area contributed by atoms with Crippen molar-refractivity contribution in [2.24, 2.45) is 0 Å². The number of rotatable bonds is 8. The third-order valence-electron chi connectivity index (χ3n) is 5.63. The van der Waals surface area contributed by atoms with Crippen LogP contribution in [-0.2, 0) is 19.4 Å². The van der Waals surface area contributed by atoms with Crippen LogP contribution < -0.4 is 10.8 Å². The van der Waals surface area contributed by atoms with Crippen LogP contribution in [0.25, 0.3) is 11.3 Å². The van der Waals surface area contributed by atoms with Gasteiger partial charge >= 0.3 is 0 Å². The van der Waals surface area contributed by atoms with Gasteiger partial charge in [-0.15, -0.1) is 0 Å². The van der Waals surface area contributed by atoms with Crippen LogP contribution in [0.3, 0.4) is 0 Å². The summed E-state index contributed by atoms with van der Waals surface area (Å²) in [7, 11) is -4.09. The van der Waals surface area contributed by atoms with Gasteiger partial charge in [-0.2, -0.15) is 0 Å². The Kier molecular flexibility index (Phi) is 7.60. The molecule has 0 radical (unpaired) electrons. The number of unbranched alkanes of at least 4 members (excludes halogenated alkanes) is 1. The molecule has 0 saturated carbocycles. The fourth-order valence-electron chi connectivity index (χ4n) is 3.63. The van der Waals surface area contributed by atoms with Gasteiger partial charge in [0.25, 0.3) is 11.8 Å². The summed E-state index contributed by atoms with van der Waals surface area (Å²) in [6.07, 6.45) is 3.27. The Labute approximate surface area is 187 Å². The minimum absolute atomic E-state index is 0.0290. The topological polar surface area (TPSA) is 135 Å². The quantitative estimate of drug-likeness (QED) is 0.311. The first-order chi connectivity index (χ1) is 15.4. The standard InChI is InChI=1S/C22H27N3O6S/c1-2-3-12-23-20(26)17-6-9-19(24-15-17)16-4-7-18(8-5-16)32(29,30)22(21(27)25-28)10-13-31-14-11-22/h4-9,15,28H,2-3,10-14H2,1H3,(H,23,26)(H,25,27). The van der Waals surface area contributed by atoms with Crippen LogP contribution in [0, 0.1) is 0 Å². The van der Waals surface area contributed by atoms with E-state index in [0.717, 1.165) is 12.8 Å². The van der Waals surface area contributed by atoms with E-state index in [4.69, 9.17) is 9.94 Å². The van der Waals surface area contributed by atoms with E-state index >= 15 is 0 Å². The molecule has 2 heterocycles. The van der Waals surface area contributed by atoms with Crippen LogP contribution in [0.5, 0.6) is 0 Å². The monoisotopic (exact) mass is 461 g/mol. The van der Waals surface area contributed by atoms with Gasteiger partial charge in [0.05, 0.1) is 16.2 Å². The number of carbonyl (C=O) groups excluding carboxylic acids is 2. The van der Waals surface area contributed by atoms with E-state index in [1.165, 1.54) is 23.8 Å². The minimum atomic E-state index is -4.09. The van der Waals surface area contributed by atoms with Crippen LogP contribution in [-0.4, -0.2) is 54.9 Å². The smallest absolute Gasteiger partial charge is 0.265 e. The van der Waals surface area contributed by atoms with Crippen molar-refractivity contribution in [3.63, 3.8) is 0 Å². The average molecular weight is 462 g/mol. The number of hydroxylamine groups is 1. The van der Waals surface area contributed by atoms with Crippen molar-refractivity contribution in [3.8, 4) is 11.3 Å². The van der Waals surface area contributed by atoms with E-state index in [0.29, 0.717) is 23.4 Å². The van der Waals surface area contributed by atoms with Crippen molar-refractivity contribution in [1.29, 1.82) is 0 Å². The molecule has 1 saturated heterocycles. The third-order valence-corrected chi connectivity index (χ3v) is 8.15. The van der Waals surface area contributed by atoms with Crippen molar-refractivity contribution in [2.75, 3.05) is 19.8 Å². The predicted octanol–water partition coefficient (Wildman–Crippen LogP) is 2.11. The molecule has 1 aromatic heterocycles. The molecule has 1 aromatic carbocycles. The molecule has 1 fully saturated rings. The maximum atomic E-state index is 13.3. The summed E-state index contributed by atoms with van der Waals surface area (Å²) in [5, 5.41) is 12.0. The number of sulfone groups is 1. The first kappa shape index (κ1) is 23.8. The second kappa shape index (κ2) is 10.2. The molecule has 0 unspecified atom stereocenters. The molecule has 32 heavy (non-hydrogen) atoms. The Morgan fingerprint density at radius 3 is 2.38 bits per heavy atom. The highest BCUT2D eigenvalue weighted by Gasteiger charge is 2.52. The van der Waals surface area contributed by atoms with E-state index in [1.807, 2.05) is 6.92 Å². The number of hydrogen-bond acceptors (Lipinski definition) is 7. The number of aromatic nitrogens is 1. The number of benzene rings is 1. The molecule has 9 nitrogen and oxygen atoms in total. The number of carbonyl (C=O) groups is 2. The van der Waals surface area contributed by atoms with Crippen molar-refractivity contribution < 1.29 is 28.0 Å². The number of pyridine rings is 1. The van der Waals surface area contributed by atoms with Gasteiger partial charge in [-0.3, -0.25) is 19.8 Å².